The molecule has 0 aromatic heterocycles. The largest absolute Gasteiger partial charge is 0.412 e. The van der Waals surface area contributed by atoms with Crippen LogP contribution in [0.25, 0.3) is 0 Å². The first kappa shape index (κ1) is 31.0. The fourth-order valence-corrected chi connectivity index (χ4v) is 3.64. The molecule has 160 valence electrons. The second kappa shape index (κ2) is 12.0. The van der Waals surface area contributed by atoms with Gasteiger partial charge in [0.25, 0.3) is 0 Å². The Morgan fingerprint density at radius 3 is 1.22 bits per heavy atom. The van der Waals surface area contributed by atoms with Crippen LogP contribution < -0.4 is 24.7 Å². The first-order valence-electron chi connectivity index (χ1n) is 7.13. The van der Waals surface area contributed by atoms with Gasteiger partial charge in [-0.1, -0.05) is 27.7 Å². The van der Waals surface area contributed by atoms with Gasteiger partial charge in [0.15, 0.2) is 0 Å². The van der Waals surface area contributed by atoms with Gasteiger partial charge >= 0.3 is 62.4 Å². The Balaban J connectivity index is 0. The molecule has 2 saturated heterocycles. The van der Waals surface area contributed by atoms with Crippen molar-refractivity contribution in [1.82, 2.24) is 11.5 Å². The summed E-state index contributed by atoms with van der Waals surface area (Å²) in [5.74, 6) is -1.17. The van der Waals surface area contributed by atoms with Gasteiger partial charge in [-0.3, -0.25) is 24.5 Å². The minimum absolute atomic E-state index is 0. The minimum Gasteiger partial charge on any atom is -0.412 e. The molecule has 0 unspecified atom stereocenters. The number of nitrogens with one attached hydrogen (secondary N) is 1. The summed E-state index contributed by atoms with van der Waals surface area (Å²) in [6.07, 6.45) is 0. The predicted octanol–water partition coefficient (Wildman–Crippen LogP) is 0.141. The van der Waals surface area contributed by atoms with Crippen LogP contribution in [0, 0.1) is 34.5 Å². The number of ether oxygens (including phenoxy) is 1. The molecule has 2 saturated carbocycles. The van der Waals surface area contributed by atoms with Gasteiger partial charge in [-0.25, -0.2) is 0 Å². The number of cyclic esters (lactones) is 2. The van der Waals surface area contributed by atoms with Crippen LogP contribution in [0.1, 0.15) is 27.7 Å². The number of fused-ring (bicyclic) bond motifs is 2. The summed E-state index contributed by atoms with van der Waals surface area (Å²) in [5.41, 5.74) is -0.175. The van der Waals surface area contributed by atoms with Crippen LogP contribution in [0.5, 0.6) is 0 Å². The zero-order valence-electron chi connectivity index (χ0n) is 14.9. The van der Waals surface area contributed by atoms with E-state index in [0.717, 1.165) is 0 Å². The second-order valence-electron chi connectivity index (χ2n) is 7.20. The number of carbonyl (C=O) groups excluding carboxylic acids is 4. The van der Waals surface area contributed by atoms with Crippen molar-refractivity contribution in [2.75, 3.05) is 0 Å². The SMILES string of the molecule is CC1(C)[C@@H]2C(=O)NC(=O)[C@@H]21.CC1(C)[C@@H]2C(=O)OC(=O)[C@@H]21.II.I[I-]I.N.O. The smallest absolute Gasteiger partial charge is 0.344 e. The van der Waals surface area contributed by atoms with Crippen molar-refractivity contribution in [3.63, 3.8) is 0 Å². The van der Waals surface area contributed by atoms with Gasteiger partial charge in [-0.05, 0) is 10.8 Å². The Hall–Kier alpha value is 1.85. The maximum atomic E-state index is 10.9. The number of halogens is 5. The monoisotopic (exact) mass is 949 g/mol. The van der Waals surface area contributed by atoms with Crippen molar-refractivity contribution in [3.8, 4) is 0 Å². The number of carbonyl (C=O) groups is 4. The second-order valence-corrected chi connectivity index (χ2v) is 23.4. The van der Waals surface area contributed by atoms with E-state index in [2.05, 4.69) is 84.5 Å². The molecule has 2 amide bonds. The summed E-state index contributed by atoms with van der Waals surface area (Å²) in [6, 6.07) is 0. The van der Waals surface area contributed by atoms with E-state index in [-0.39, 0.29) is 69.9 Å². The van der Waals surface area contributed by atoms with E-state index in [4.69, 9.17) is 0 Å². The van der Waals surface area contributed by atoms with Gasteiger partial charge in [0.2, 0.25) is 11.8 Å². The number of esters is 2. The molecule has 8 nitrogen and oxygen atoms in total. The fourth-order valence-electron chi connectivity index (χ4n) is 3.64. The first-order valence-corrected chi connectivity index (χ1v) is 26.0. The maximum absolute atomic E-state index is 10.9. The number of rotatable bonds is 0. The molecule has 0 bridgehead atoms. The van der Waals surface area contributed by atoms with Gasteiger partial charge < -0.3 is 16.4 Å². The summed E-state index contributed by atoms with van der Waals surface area (Å²) >= 11 is 9.54. The Bertz CT molecular complexity index is 507. The topological polar surface area (TPSA) is 156 Å². The van der Waals surface area contributed by atoms with Crippen LogP contribution in [0.15, 0.2) is 0 Å². The Labute approximate surface area is 211 Å². The van der Waals surface area contributed by atoms with Gasteiger partial charge in [0.1, 0.15) is 0 Å². The van der Waals surface area contributed by atoms with E-state index in [1.807, 2.05) is 27.7 Å². The zero-order chi connectivity index (χ0) is 19.7. The third-order valence-electron chi connectivity index (χ3n) is 5.18. The summed E-state index contributed by atoms with van der Waals surface area (Å²) in [4.78, 5) is 43.4. The molecule has 2 aliphatic heterocycles. The Morgan fingerprint density at radius 2 is 1.07 bits per heavy atom. The van der Waals surface area contributed by atoms with Crippen LogP contribution in [-0.4, -0.2) is 29.2 Å². The molecule has 4 atom stereocenters. The molecule has 0 aromatic rings. The van der Waals surface area contributed by atoms with E-state index >= 15 is 0 Å². The molecule has 2 aliphatic carbocycles. The number of hydrogen-bond acceptors (Lipinski definition) is 6. The fraction of sp³-hybridized carbons (Fsp3) is 0.714. The van der Waals surface area contributed by atoms with E-state index in [0.29, 0.717) is 13.3 Å². The zero-order valence-corrected chi connectivity index (χ0v) is 25.7. The standard InChI is InChI=1S/C7H9NO2.C7H8O3.I3.I2.H3N.H2O/c1-7(2)3-4(7)6(10)8-5(3)9;1-7(2)3-4(7)6(9)10-5(3)8;1-3-2;1-2;;/h3-4H,1-2H3,(H,8,9,10);3-4H,1-2H3;;;1H3;1H2/q;;-1;;;/t2*3-,4+;;;;. The molecule has 13 heteroatoms. The molecule has 27 heavy (non-hydrogen) atoms. The summed E-state index contributed by atoms with van der Waals surface area (Å²) in [6.45, 7) is 7.75. The van der Waals surface area contributed by atoms with Crippen molar-refractivity contribution in [1.29, 1.82) is 0 Å². The molecule has 2 heterocycles. The summed E-state index contributed by atoms with van der Waals surface area (Å²) in [7, 11) is 0. The van der Waals surface area contributed by atoms with Crippen molar-refractivity contribution in [3.05, 3.63) is 0 Å². The average molecular weight is 949 g/mol. The Kier molecular flexibility index (Phi) is 13.8. The van der Waals surface area contributed by atoms with Crippen LogP contribution in [-0.2, 0) is 23.9 Å². The first-order chi connectivity index (χ1) is 11.5. The number of amides is 2. The number of imide groups is 1. The molecule has 4 fully saturated rings. The molecule has 0 spiro atoms. The van der Waals surface area contributed by atoms with Crippen LogP contribution in [0.3, 0.4) is 0 Å². The quantitative estimate of drug-likeness (QED) is 0.153. The molecule has 4 rings (SSSR count). The summed E-state index contributed by atoms with van der Waals surface area (Å²) in [5, 5.41) is 2.29. The van der Waals surface area contributed by atoms with Crippen LogP contribution >= 0.6 is 74.5 Å². The van der Waals surface area contributed by atoms with Crippen molar-refractivity contribution in [2.45, 2.75) is 27.7 Å². The van der Waals surface area contributed by atoms with E-state index < -0.39 is 0 Å². The predicted molar refractivity (Wildman–Crippen MR) is 130 cm³/mol. The summed E-state index contributed by atoms with van der Waals surface area (Å²) < 4.78 is 4.38. The van der Waals surface area contributed by atoms with Gasteiger partial charge in [0.05, 0.1) is 23.7 Å². The third-order valence-corrected chi connectivity index (χ3v) is 5.18. The third kappa shape index (κ3) is 6.42. The minimum atomic E-state index is -0.333. The number of piperidine rings is 1. The number of hydrogen-bond donors (Lipinski definition) is 2. The Morgan fingerprint density at radius 1 is 0.815 bits per heavy atom. The van der Waals surface area contributed by atoms with Gasteiger partial charge in [-0.15, -0.1) is 0 Å². The molecular formula is C14H22I5N2O6-. The average Bonchev–Trinajstić information content (AvgIpc) is 3.13. The normalized spacial score (nSPS) is 31.4. The molecular weight excluding hydrogens is 927 g/mol. The van der Waals surface area contributed by atoms with Crippen LogP contribution in [0.2, 0.25) is 0 Å². The van der Waals surface area contributed by atoms with Crippen LogP contribution in [0.4, 0.5) is 0 Å². The van der Waals surface area contributed by atoms with Crippen molar-refractivity contribution >= 4 is 98.2 Å². The van der Waals surface area contributed by atoms with E-state index in [1.54, 1.807) is 0 Å². The van der Waals surface area contributed by atoms with Crippen molar-refractivity contribution < 1.29 is 42.6 Å². The van der Waals surface area contributed by atoms with Gasteiger partial charge in [0, 0.05) is 37.2 Å². The molecule has 4 aliphatic rings. The molecule has 0 radical (unpaired) electrons. The molecule has 6 N–H and O–H groups in total. The van der Waals surface area contributed by atoms with Gasteiger partial charge in [-0.2, -0.15) is 0 Å². The molecule has 0 aromatic carbocycles. The van der Waals surface area contributed by atoms with Crippen molar-refractivity contribution in [2.24, 2.45) is 34.5 Å². The maximum Gasteiger partial charge on any atom is -0.344 e. The van der Waals surface area contributed by atoms with E-state index in [1.165, 1.54) is 0 Å². The van der Waals surface area contributed by atoms with E-state index in [9.17, 15) is 19.2 Å².